The van der Waals surface area contributed by atoms with E-state index >= 15 is 0 Å². The summed E-state index contributed by atoms with van der Waals surface area (Å²) in [5.41, 5.74) is 2.15. The number of aryl methyl sites for hydroxylation is 1. The normalized spacial score (nSPS) is 11.4. The molecule has 2 rings (SSSR count). The second-order valence-electron chi connectivity index (χ2n) is 6.57. The van der Waals surface area contributed by atoms with Crippen molar-refractivity contribution in [1.82, 2.24) is 0 Å². The molecule has 0 spiro atoms. The first-order valence-electron chi connectivity index (χ1n) is 7.25. The monoisotopic (exact) mass is 284 g/mol. The first kappa shape index (κ1) is 15.4. The van der Waals surface area contributed by atoms with E-state index in [0.29, 0.717) is 11.0 Å². The van der Waals surface area contributed by atoms with Gasteiger partial charge in [0.15, 0.2) is 5.78 Å². The highest BCUT2D eigenvalue weighted by Gasteiger charge is 2.14. The molecule has 0 atom stereocenters. The fraction of sp³-hybridized carbons (Fsp3) is 0.316. The van der Waals surface area contributed by atoms with Crippen molar-refractivity contribution >= 4 is 5.78 Å². The van der Waals surface area contributed by atoms with Gasteiger partial charge in [-0.3, -0.25) is 4.79 Å². The van der Waals surface area contributed by atoms with Gasteiger partial charge in [0.2, 0.25) is 0 Å². The average Bonchev–Trinajstić information content (AvgIpc) is 2.45. The summed E-state index contributed by atoms with van der Waals surface area (Å²) in [6, 6.07) is 13.6. The highest BCUT2D eigenvalue weighted by molar-refractivity contribution is 6.09. The van der Waals surface area contributed by atoms with Gasteiger partial charge in [-0.2, -0.15) is 0 Å². The van der Waals surface area contributed by atoms with E-state index in [0.717, 1.165) is 12.8 Å². The van der Waals surface area contributed by atoms with Crippen LogP contribution in [0.25, 0.3) is 0 Å². The third kappa shape index (κ3) is 4.25. The Balaban J connectivity index is 2.12. The number of hydrogen-bond acceptors (Lipinski definition) is 1. The molecule has 2 aromatic rings. The Hall–Kier alpha value is -1.96. The van der Waals surface area contributed by atoms with Crippen LogP contribution in [0.1, 0.15) is 48.7 Å². The predicted octanol–water partition coefficient (Wildman–Crippen LogP) is 5.04. The molecule has 21 heavy (non-hydrogen) atoms. The Morgan fingerprint density at radius 2 is 1.62 bits per heavy atom. The highest BCUT2D eigenvalue weighted by Crippen LogP contribution is 2.22. The van der Waals surface area contributed by atoms with Crippen LogP contribution in [0.2, 0.25) is 0 Å². The van der Waals surface area contributed by atoms with Gasteiger partial charge in [-0.1, -0.05) is 57.2 Å². The van der Waals surface area contributed by atoms with E-state index in [2.05, 4.69) is 20.8 Å². The molecule has 2 aromatic carbocycles. The topological polar surface area (TPSA) is 17.1 Å². The fourth-order valence-electron chi connectivity index (χ4n) is 2.14. The number of carbonyl (C=O) groups excluding carboxylic acids is 1. The van der Waals surface area contributed by atoms with Crippen molar-refractivity contribution in [3.05, 3.63) is 71.0 Å². The quantitative estimate of drug-likeness (QED) is 0.719. The second kappa shape index (κ2) is 6.21. The SMILES string of the molecule is CC(C)(C)CCc1ccc(C(=O)c2ccccc2F)cc1. The minimum absolute atomic E-state index is 0.125. The van der Waals surface area contributed by atoms with E-state index in [-0.39, 0.29) is 11.3 Å². The number of ketones is 1. The van der Waals surface area contributed by atoms with Crippen molar-refractivity contribution in [3.8, 4) is 0 Å². The maximum absolute atomic E-state index is 13.6. The van der Waals surface area contributed by atoms with Crippen molar-refractivity contribution in [3.63, 3.8) is 0 Å². The maximum atomic E-state index is 13.6. The summed E-state index contributed by atoms with van der Waals surface area (Å²) >= 11 is 0. The predicted molar refractivity (Wildman–Crippen MR) is 84.1 cm³/mol. The van der Waals surface area contributed by atoms with Crippen LogP contribution in [-0.2, 0) is 6.42 Å². The number of benzene rings is 2. The Kier molecular flexibility index (Phi) is 4.56. The zero-order valence-electron chi connectivity index (χ0n) is 12.8. The van der Waals surface area contributed by atoms with E-state index in [1.54, 1.807) is 24.3 Å². The second-order valence-corrected chi connectivity index (χ2v) is 6.57. The van der Waals surface area contributed by atoms with E-state index in [1.165, 1.54) is 17.7 Å². The van der Waals surface area contributed by atoms with Crippen LogP contribution in [-0.4, -0.2) is 5.78 Å². The summed E-state index contributed by atoms with van der Waals surface area (Å²) in [6.07, 6.45) is 2.07. The summed E-state index contributed by atoms with van der Waals surface area (Å²) in [7, 11) is 0. The molecule has 0 aliphatic heterocycles. The van der Waals surface area contributed by atoms with Gasteiger partial charge in [-0.15, -0.1) is 0 Å². The lowest BCUT2D eigenvalue weighted by Crippen LogP contribution is -2.07. The van der Waals surface area contributed by atoms with Crippen LogP contribution >= 0.6 is 0 Å². The molecule has 0 saturated carbocycles. The van der Waals surface area contributed by atoms with Crippen molar-refractivity contribution < 1.29 is 9.18 Å². The van der Waals surface area contributed by atoms with Gasteiger partial charge in [0, 0.05) is 5.56 Å². The molecule has 0 amide bonds. The molecule has 0 fully saturated rings. The largest absolute Gasteiger partial charge is 0.288 e. The highest BCUT2D eigenvalue weighted by atomic mass is 19.1. The number of carbonyl (C=O) groups is 1. The maximum Gasteiger partial charge on any atom is 0.195 e. The lowest BCUT2D eigenvalue weighted by atomic mass is 9.88. The molecule has 1 nitrogen and oxygen atoms in total. The molecule has 110 valence electrons. The average molecular weight is 284 g/mol. The van der Waals surface area contributed by atoms with Gasteiger partial charge in [0.1, 0.15) is 5.82 Å². The smallest absolute Gasteiger partial charge is 0.195 e. The van der Waals surface area contributed by atoms with Crippen LogP contribution in [0.3, 0.4) is 0 Å². The van der Waals surface area contributed by atoms with Crippen LogP contribution in [0.15, 0.2) is 48.5 Å². The summed E-state index contributed by atoms with van der Waals surface area (Å²) in [5, 5.41) is 0. The molecule has 0 radical (unpaired) electrons. The summed E-state index contributed by atoms with van der Waals surface area (Å²) < 4.78 is 13.6. The van der Waals surface area contributed by atoms with Crippen LogP contribution < -0.4 is 0 Å². The molecule has 0 aliphatic rings. The zero-order valence-corrected chi connectivity index (χ0v) is 12.8. The van der Waals surface area contributed by atoms with Gasteiger partial charge in [-0.05, 0) is 36.0 Å². The van der Waals surface area contributed by atoms with Crippen molar-refractivity contribution in [2.75, 3.05) is 0 Å². The van der Waals surface area contributed by atoms with Gasteiger partial charge in [-0.25, -0.2) is 4.39 Å². The molecule has 0 aromatic heterocycles. The van der Waals surface area contributed by atoms with Crippen molar-refractivity contribution in [2.45, 2.75) is 33.6 Å². The van der Waals surface area contributed by atoms with Crippen LogP contribution in [0.5, 0.6) is 0 Å². The lowest BCUT2D eigenvalue weighted by molar-refractivity contribution is 0.103. The Bertz CT molecular complexity index is 621. The first-order valence-corrected chi connectivity index (χ1v) is 7.25. The number of halogens is 1. The van der Waals surface area contributed by atoms with E-state index in [9.17, 15) is 9.18 Å². The minimum Gasteiger partial charge on any atom is -0.288 e. The molecule has 0 aliphatic carbocycles. The Morgan fingerprint density at radius 3 is 2.19 bits per heavy atom. The molecule has 0 heterocycles. The lowest BCUT2D eigenvalue weighted by Gasteiger charge is -2.17. The standard InChI is InChI=1S/C19H21FO/c1-19(2,3)13-12-14-8-10-15(11-9-14)18(21)16-6-4-5-7-17(16)20/h4-11H,12-13H2,1-3H3. The third-order valence-corrected chi connectivity index (χ3v) is 3.50. The molecular weight excluding hydrogens is 263 g/mol. The molecular formula is C19H21FO. The summed E-state index contributed by atoms with van der Waals surface area (Å²) in [6.45, 7) is 6.63. The summed E-state index contributed by atoms with van der Waals surface area (Å²) in [5.74, 6) is -0.741. The zero-order chi connectivity index (χ0) is 15.5. The Labute approximate surface area is 125 Å². The summed E-state index contributed by atoms with van der Waals surface area (Å²) in [4.78, 5) is 12.3. The van der Waals surface area contributed by atoms with Crippen molar-refractivity contribution in [1.29, 1.82) is 0 Å². The molecule has 0 bridgehead atoms. The minimum atomic E-state index is -0.473. The Morgan fingerprint density at radius 1 is 1.00 bits per heavy atom. The van der Waals surface area contributed by atoms with Gasteiger partial charge in [0.05, 0.1) is 5.56 Å². The van der Waals surface area contributed by atoms with E-state index in [4.69, 9.17) is 0 Å². The molecule has 0 unspecified atom stereocenters. The van der Waals surface area contributed by atoms with Crippen molar-refractivity contribution in [2.24, 2.45) is 5.41 Å². The van der Waals surface area contributed by atoms with E-state index in [1.807, 2.05) is 12.1 Å². The third-order valence-electron chi connectivity index (χ3n) is 3.50. The van der Waals surface area contributed by atoms with Crippen LogP contribution in [0.4, 0.5) is 4.39 Å². The molecule has 0 N–H and O–H groups in total. The fourth-order valence-corrected chi connectivity index (χ4v) is 2.14. The molecule has 0 saturated heterocycles. The number of hydrogen-bond donors (Lipinski definition) is 0. The molecule has 2 heteroatoms. The van der Waals surface area contributed by atoms with E-state index < -0.39 is 5.82 Å². The van der Waals surface area contributed by atoms with Gasteiger partial charge >= 0.3 is 0 Å². The van der Waals surface area contributed by atoms with Crippen LogP contribution in [0, 0.1) is 11.2 Å². The number of rotatable bonds is 4. The van der Waals surface area contributed by atoms with Gasteiger partial charge in [0.25, 0.3) is 0 Å². The van der Waals surface area contributed by atoms with Gasteiger partial charge < -0.3 is 0 Å². The first-order chi connectivity index (χ1) is 9.87.